The number of benzene rings is 2. The molecule has 2 N–H and O–H groups in total. The highest BCUT2D eigenvalue weighted by molar-refractivity contribution is 6.01. The highest BCUT2D eigenvalue weighted by Crippen LogP contribution is 2.24. The fourth-order valence-corrected chi connectivity index (χ4v) is 2.49. The first-order valence-corrected chi connectivity index (χ1v) is 7.70. The van der Waals surface area contributed by atoms with Gasteiger partial charge in [0.05, 0.1) is 6.04 Å². The Morgan fingerprint density at radius 3 is 2.33 bits per heavy atom. The number of carbonyl (C=O) groups excluding carboxylic acids is 1. The van der Waals surface area contributed by atoms with Gasteiger partial charge in [-0.1, -0.05) is 30.3 Å². The van der Waals surface area contributed by atoms with Crippen molar-refractivity contribution in [2.24, 2.45) is 0 Å². The standard InChI is InChI=1S/C20H20N2O2/c1-13-9-16(10-14(2)19(13)23)11-18(12-21)20(24)22-15(3)17-7-5-4-6-8-17/h4-11,15,23H,1-3H3,(H,22,24)/b18-11+. The van der Waals surface area contributed by atoms with E-state index in [1.165, 1.54) is 6.08 Å². The van der Waals surface area contributed by atoms with Gasteiger partial charge in [-0.15, -0.1) is 0 Å². The lowest BCUT2D eigenvalue weighted by Crippen LogP contribution is -2.27. The van der Waals surface area contributed by atoms with Gasteiger partial charge >= 0.3 is 0 Å². The molecule has 0 saturated heterocycles. The summed E-state index contributed by atoms with van der Waals surface area (Å²) in [6, 6.07) is 14.8. The molecule has 1 atom stereocenters. The van der Waals surface area contributed by atoms with E-state index in [0.717, 1.165) is 5.56 Å². The predicted octanol–water partition coefficient (Wildman–Crippen LogP) is 3.79. The Balaban J connectivity index is 2.22. The number of aryl methyl sites for hydroxylation is 2. The van der Waals surface area contributed by atoms with Crippen LogP contribution in [0, 0.1) is 25.2 Å². The Morgan fingerprint density at radius 1 is 1.21 bits per heavy atom. The van der Waals surface area contributed by atoms with Crippen LogP contribution in [0.4, 0.5) is 0 Å². The maximum absolute atomic E-state index is 12.3. The zero-order valence-electron chi connectivity index (χ0n) is 14.0. The van der Waals surface area contributed by atoms with Crippen molar-refractivity contribution >= 4 is 12.0 Å². The third-order valence-electron chi connectivity index (χ3n) is 3.84. The molecule has 122 valence electrons. The number of rotatable bonds is 4. The second-order valence-electron chi connectivity index (χ2n) is 5.78. The van der Waals surface area contributed by atoms with Gasteiger partial charge in [-0.25, -0.2) is 0 Å². The van der Waals surface area contributed by atoms with Crippen molar-refractivity contribution in [1.82, 2.24) is 5.32 Å². The average Bonchev–Trinajstić information content (AvgIpc) is 2.58. The number of nitriles is 1. The smallest absolute Gasteiger partial charge is 0.262 e. The van der Waals surface area contributed by atoms with Gasteiger partial charge in [0.1, 0.15) is 17.4 Å². The summed E-state index contributed by atoms with van der Waals surface area (Å²) in [5.41, 5.74) is 3.12. The largest absolute Gasteiger partial charge is 0.507 e. The van der Waals surface area contributed by atoms with Gasteiger partial charge < -0.3 is 10.4 Å². The second kappa shape index (κ2) is 7.47. The van der Waals surface area contributed by atoms with E-state index in [-0.39, 0.29) is 17.4 Å². The molecule has 0 aliphatic carbocycles. The van der Waals surface area contributed by atoms with Crippen LogP contribution in [0.25, 0.3) is 6.08 Å². The number of aromatic hydroxyl groups is 1. The summed E-state index contributed by atoms with van der Waals surface area (Å²) in [5, 5.41) is 21.9. The SMILES string of the molecule is Cc1cc(/C=C(\C#N)C(=O)NC(C)c2ccccc2)cc(C)c1O. The van der Waals surface area contributed by atoms with E-state index >= 15 is 0 Å². The zero-order valence-corrected chi connectivity index (χ0v) is 14.0. The van der Waals surface area contributed by atoms with E-state index in [1.54, 1.807) is 26.0 Å². The van der Waals surface area contributed by atoms with E-state index in [9.17, 15) is 15.2 Å². The number of carbonyl (C=O) groups is 1. The summed E-state index contributed by atoms with van der Waals surface area (Å²) >= 11 is 0. The lowest BCUT2D eigenvalue weighted by Gasteiger charge is -2.14. The minimum Gasteiger partial charge on any atom is -0.507 e. The molecule has 0 aliphatic rings. The topological polar surface area (TPSA) is 73.1 Å². The molecule has 0 bridgehead atoms. The van der Waals surface area contributed by atoms with Crippen molar-refractivity contribution in [3.63, 3.8) is 0 Å². The molecule has 4 heteroatoms. The van der Waals surface area contributed by atoms with Crippen molar-refractivity contribution in [2.75, 3.05) is 0 Å². The van der Waals surface area contributed by atoms with Crippen LogP contribution in [0.5, 0.6) is 5.75 Å². The molecule has 0 heterocycles. The van der Waals surface area contributed by atoms with Crippen LogP contribution in [-0.4, -0.2) is 11.0 Å². The van der Waals surface area contributed by atoms with Crippen LogP contribution in [0.2, 0.25) is 0 Å². The van der Waals surface area contributed by atoms with E-state index in [4.69, 9.17) is 0 Å². The summed E-state index contributed by atoms with van der Waals surface area (Å²) < 4.78 is 0. The number of amides is 1. The molecule has 0 saturated carbocycles. The quantitative estimate of drug-likeness (QED) is 0.665. The molecular formula is C20H20N2O2. The van der Waals surface area contributed by atoms with E-state index in [2.05, 4.69) is 5.32 Å². The van der Waals surface area contributed by atoms with Gasteiger partial charge in [0.25, 0.3) is 5.91 Å². The van der Waals surface area contributed by atoms with Crippen molar-refractivity contribution < 1.29 is 9.90 Å². The molecule has 2 aromatic rings. The molecule has 0 spiro atoms. The maximum Gasteiger partial charge on any atom is 0.262 e. The number of phenols is 1. The molecular weight excluding hydrogens is 300 g/mol. The van der Waals surface area contributed by atoms with Crippen LogP contribution in [0.3, 0.4) is 0 Å². The highest BCUT2D eigenvalue weighted by Gasteiger charge is 2.14. The lowest BCUT2D eigenvalue weighted by atomic mass is 10.0. The van der Waals surface area contributed by atoms with Crippen molar-refractivity contribution in [1.29, 1.82) is 5.26 Å². The van der Waals surface area contributed by atoms with E-state index in [0.29, 0.717) is 16.7 Å². The normalized spacial score (nSPS) is 12.3. The first kappa shape index (κ1) is 17.3. The summed E-state index contributed by atoms with van der Waals surface area (Å²) in [4.78, 5) is 12.3. The summed E-state index contributed by atoms with van der Waals surface area (Å²) in [7, 11) is 0. The maximum atomic E-state index is 12.3. The third kappa shape index (κ3) is 4.02. The first-order chi connectivity index (χ1) is 11.4. The summed E-state index contributed by atoms with van der Waals surface area (Å²) in [6.45, 7) is 5.43. The number of nitrogens with one attached hydrogen (secondary N) is 1. The van der Waals surface area contributed by atoms with Crippen LogP contribution in [0.1, 0.15) is 35.2 Å². The highest BCUT2D eigenvalue weighted by atomic mass is 16.3. The van der Waals surface area contributed by atoms with Gasteiger partial charge in [0.2, 0.25) is 0 Å². The Labute approximate surface area is 142 Å². The van der Waals surface area contributed by atoms with Gasteiger partial charge in [-0.2, -0.15) is 5.26 Å². The molecule has 0 aromatic heterocycles. The Bertz CT molecular complexity index is 794. The van der Waals surface area contributed by atoms with Gasteiger partial charge in [-0.3, -0.25) is 4.79 Å². The minimum absolute atomic E-state index is 0.0299. The third-order valence-corrected chi connectivity index (χ3v) is 3.84. The van der Waals surface area contributed by atoms with Gasteiger partial charge in [0, 0.05) is 0 Å². The number of phenolic OH excluding ortho intramolecular Hbond substituents is 1. The van der Waals surface area contributed by atoms with Crippen molar-refractivity contribution in [3.05, 3.63) is 70.3 Å². The molecule has 0 aliphatic heterocycles. The zero-order chi connectivity index (χ0) is 17.7. The fraction of sp³-hybridized carbons (Fsp3) is 0.200. The van der Waals surface area contributed by atoms with Gasteiger partial charge in [-0.05, 0) is 61.2 Å². The monoisotopic (exact) mass is 320 g/mol. The summed E-state index contributed by atoms with van der Waals surface area (Å²) in [6.07, 6.45) is 1.53. The number of hydrogen-bond donors (Lipinski definition) is 2. The molecule has 2 aromatic carbocycles. The molecule has 1 amide bonds. The average molecular weight is 320 g/mol. The predicted molar refractivity (Wildman–Crippen MR) is 94.2 cm³/mol. The Morgan fingerprint density at radius 2 is 1.79 bits per heavy atom. The number of hydrogen-bond acceptors (Lipinski definition) is 3. The molecule has 2 rings (SSSR count). The molecule has 0 radical (unpaired) electrons. The van der Waals surface area contributed by atoms with E-state index in [1.807, 2.05) is 43.3 Å². The molecule has 4 nitrogen and oxygen atoms in total. The Hall–Kier alpha value is -3.06. The number of nitrogens with zero attached hydrogens (tertiary/aromatic N) is 1. The fourth-order valence-electron chi connectivity index (χ4n) is 2.49. The van der Waals surface area contributed by atoms with Crippen LogP contribution < -0.4 is 5.32 Å². The summed E-state index contributed by atoms with van der Waals surface area (Å²) in [5.74, 6) is -0.190. The first-order valence-electron chi connectivity index (χ1n) is 7.70. The minimum atomic E-state index is -0.419. The lowest BCUT2D eigenvalue weighted by molar-refractivity contribution is -0.117. The van der Waals surface area contributed by atoms with Crippen LogP contribution in [-0.2, 0) is 4.79 Å². The Kier molecular flexibility index (Phi) is 5.39. The molecule has 24 heavy (non-hydrogen) atoms. The van der Waals surface area contributed by atoms with Crippen molar-refractivity contribution in [2.45, 2.75) is 26.8 Å². The molecule has 0 fully saturated rings. The van der Waals surface area contributed by atoms with Gasteiger partial charge in [0.15, 0.2) is 0 Å². The van der Waals surface area contributed by atoms with Crippen LogP contribution >= 0.6 is 0 Å². The van der Waals surface area contributed by atoms with Crippen LogP contribution in [0.15, 0.2) is 48.0 Å². The molecule has 1 unspecified atom stereocenters. The van der Waals surface area contributed by atoms with E-state index < -0.39 is 5.91 Å². The van der Waals surface area contributed by atoms with Crippen molar-refractivity contribution in [3.8, 4) is 11.8 Å². The second-order valence-corrected chi connectivity index (χ2v) is 5.78.